The third-order valence-corrected chi connectivity index (χ3v) is 3.56. The van der Waals surface area contributed by atoms with Crippen LogP contribution in [-0.2, 0) is 13.2 Å². The van der Waals surface area contributed by atoms with Gasteiger partial charge in [-0.3, -0.25) is 0 Å². The minimum atomic E-state index is -0.126. The Morgan fingerprint density at radius 2 is 1.71 bits per heavy atom. The molecular weight excluding hydrogens is 264 g/mol. The Morgan fingerprint density at radius 3 is 2.43 bits per heavy atom. The van der Waals surface area contributed by atoms with Gasteiger partial charge in [-0.2, -0.15) is 0 Å². The summed E-state index contributed by atoms with van der Waals surface area (Å²) >= 11 is 0. The molecule has 4 nitrogen and oxygen atoms in total. The summed E-state index contributed by atoms with van der Waals surface area (Å²) in [6, 6.07) is 15.5. The molecule has 106 valence electrons. The molecular formula is C17H16N2O2. The van der Waals surface area contributed by atoms with E-state index >= 15 is 0 Å². The van der Waals surface area contributed by atoms with Gasteiger partial charge in [0.15, 0.2) is 0 Å². The van der Waals surface area contributed by atoms with E-state index in [1.165, 1.54) is 0 Å². The number of benzene rings is 2. The molecule has 0 aliphatic carbocycles. The summed E-state index contributed by atoms with van der Waals surface area (Å²) in [4.78, 5) is 7.54. The zero-order chi connectivity index (χ0) is 14.7. The van der Waals surface area contributed by atoms with Gasteiger partial charge in [-0.25, -0.2) is 4.98 Å². The van der Waals surface area contributed by atoms with Gasteiger partial charge in [0.2, 0.25) is 0 Å². The van der Waals surface area contributed by atoms with E-state index in [9.17, 15) is 10.2 Å². The first-order chi connectivity index (χ1) is 10.3. The largest absolute Gasteiger partial charge is 0.392 e. The molecule has 3 N–H and O–H groups in total. The van der Waals surface area contributed by atoms with Crippen LogP contribution in [0.1, 0.15) is 11.1 Å². The van der Waals surface area contributed by atoms with Gasteiger partial charge in [0.05, 0.1) is 30.9 Å². The fraction of sp³-hybridized carbons (Fsp3) is 0.118. The molecule has 0 aliphatic rings. The quantitative estimate of drug-likeness (QED) is 0.688. The minimum absolute atomic E-state index is 0.0987. The maximum absolute atomic E-state index is 9.65. The van der Waals surface area contributed by atoms with Crippen LogP contribution in [0.15, 0.2) is 54.9 Å². The lowest BCUT2D eigenvalue weighted by Crippen LogP contribution is -1.98. The Morgan fingerprint density at radius 1 is 0.905 bits per heavy atom. The summed E-state index contributed by atoms with van der Waals surface area (Å²) in [5, 5.41) is 19.1. The van der Waals surface area contributed by atoms with Crippen molar-refractivity contribution in [2.24, 2.45) is 0 Å². The Kier molecular flexibility index (Phi) is 3.81. The van der Waals surface area contributed by atoms with Crippen molar-refractivity contribution in [1.82, 2.24) is 9.97 Å². The molecule has 0 saturated carbocycles. The molecule has 0 radical (unpaired) electrons. The van der Waals surface area contributed by atoms with Crippen molar-refractivity contribution in [2.75, 3.05) is 0 Å². The molecule has 0 amide bonds. The van der Waals surface area contributed by atoms with Crippen molar-refractivity contribution < 1.29 is 10.2 Å². The number of aromatic amines is 1. The summed E-state index contributed by atoms with van der Waals surface area (Å²) in [6.45, 7) is -0.224. The Hall–Kier alpha value is -2.43. The van der Waals surface area contributed by atoms with Gasteiger partial charge in [-0.1, -0.05) is 48.5 Å². The minimum Gasteiger partial charge on any atom is -0.392 e. The number of nitrogens with one attached hydrogen (secondary N) is 1. The average molecular weight is 280 g/mol. The van der Waals surface area contributed by atoms with Crippen LogP contribution in [0, 0.1) is 0 Å². The standard InChI is InChI=1S/C17H16N2O2/c20-9-13-7-4-8-14(15(13)10-21)17-16(18-11-19-17)12-5-2-1-3-6-12/h1-8,11,20-21H,9-10H2,(H,18,19). The van der Waals surface area contributed by atoms with Gasteiger partial charge >= 0.3 is 0 Å². The maximum Gasteiger partial charge on any atom is 0.0961 e. The third-order valence-electron chi connectivity index (χ3n) is 3.56. The van der Waals surface area contributed by atoms with E-state index in [0.717, 1.165) is 33.6 Å². The summed E-state index contributed by atoms with van der Waals surface area (Å²) in [5.41, 5.74) is 5.00. The van der Waals surface area contributed by atoms with E-state index in [4.69, 9.17) is 0 Å². The van der Waals surface area contributed by atoms with E-state index in [2.05, 4.69) is 9.97 Å². The highest BCUT2D eigenvalue weighted by Gasteiger charge is 2.15. The lowest BCUT2D eigenvalue weighted by Gasteiger charge is -2.12. The Labute approximate surface area is 122 Å². The highest BCUT2D eigenvalue weighted by molar-refractivity contribution is 5.80. The number of aliphatic hydroxyl groups excluding tert-OH is 2. The van der Waals surface area contributed by atoms with Crippen LogP contribution >= 0.6 is 0 Å². The molecule has 0 saturated heterocycles. The monoisotopic (exact) mass is 280 g/mol. The lowest BCUT2D eigenvalue weighted by atomic mass is 9.97. The third kappa shape index (κ3) is 2.46. The van der Waals surface area contributed by atoms with E-state index in [1.54, 1.807) is 6.33 Å². The normalized spacial score (nSPS) is 10.8. The number of imidazole rings is 1. The van der Waals surface area contributed by atoms with Gasteiger partial charge < -0.3 is 15.2 Å². The fourth-order valence-electron chi connectivity index (χ4n) is 2.52. The van der Waals surface area contributed by atoms with Crippen LogP contribution in [0.25, 0.3) is 22.5 Å². The molecule has 0 atom stereocenters. The molecule has 2 aromatic carbocycles. The topological polar surface area (TPSA) is 69.1 Å². The van der Waals surface area contributed by atoms with Crippen LogP contribution in [0.2, 0.25) is 0 Å². The molecule has 0 fully saturated rings. The summed E-state index contributed by atoms with van der Waals surface area (Å²) in [7, 11) is 0. The first kappa shape index (κ1) is 13.5. The predicted octanol–water partition coefficient (Wildman–Crippen LogP) is 2.73. The first-order valence-corrected chi connectivity index (χ1v) is 6.76. The number of nitrogens with zero attached hydrogens (tertiary/aromatic N) is 1. The maximum atomic E-state index is 9.65. The van der Waals surface area contributed by atoms with Crippen molar-refractivity contribution in [1.29, 1.82) is 0 Å². The van der Waals surface area contributed by atoms with Crippen LogP contribution in [-0.4, -0.2) is 20.2 Å². The lowest BCUT2D eigenvalue weighted by molar-refractivity contribution is 0.260. The van der Waals surface area contributed by atoms with Crippen molar-refractivity contribution in [3.63, 3.8) is 0 Å². The summed E-state index contributed by atoms with van der Waals surface area (Å²) in [6.07, 6.45) is 1.64. The van der Waals surface area contributed by atoms with Crippen molar-refractivity contribution in [2.45, 2.75) is 13.2 Å². The number of hydrogen-bond donors (Lipinski definition) is 3. The van der Waals surface area contributed by atoms with Crippen molar-refractivity contribution >= 4 is 0 Å². The van der Waals surface area contributed by atoms with Gasteiger partial charge in [0.25, 0.3) is 0 Å². The summed E-state index contributed by atoms with van der Waals surface area (Å²) in [5.74, 6) is 0. The molecule has 0 bridgehead atoms. The molecule has 0 unspecified atom stereocenters. The Balaban J connectivity index is 2.17. The highest BCUT2D eigenvalue weighted by Crippen LogP contribution is 2.32. The van der Waals surface area contributed by atoms with E-state index < -0.39 is 0 Å². The van der Waals surface area contributed by atoms with E-state index in [0.29, 0.717) is 0 Å². The molecule has 4 heteroatoms. The molecule has 3 aromatic rings. The van der Waals surface area contributed by atoms with Crippen LogP contribution in [0.5, 0.6) is 0 Å². The highest BCUT2D eigenvalue weighted by atomic mass is 16.3. The van der Waals surface area contributed by atoms with Crippen LogP contribution < -0.4 is 0 Å². The second-order valence-electron chi connectivity index (χ2n) is 4.75. The molecule has 1 aromatic heterocycles. The number of H-pyrrole nitrogens is 1. The molecule has 0 spiro atoms. The SMILES string of the molecule is OCc1cccc(-c2[nH]cnc2-c2ccccc2)c1CO. The summed E-state index contributed by atoms with van der Waals surface area (Å²) < 4.78 is 0. The van der Waals surface area contributed by atoms with Gasteiger partial charge in [-0.05, 0) is 11.1 Å². The van der Waals surface area contributed by atoms with Crippen molar-refractivity contribution in [3.05, 3.63) is 66.0 Å². The van der Waals surface area contributed by atoms with E-state index in [1.807, 2.05) is 48.5 Å². The van der Waals surface area contributed by atoms with Gasteiger partial charge in [-0.15, -0.1) is 0 Å². The van der Waals surface area contributed by atoms with Crippen LogP contribution in [0.3, 0.4) is 0 Å². The number of aliphatic hydroxyl groups is 2. The molecule has 1 heterocycles. The van der Waals surface area contributed by atoms with Gasteiger partial charge in [0, 0.05) is 11.1 Å². The zero-order valence-corrected chi connectivity index (χ0v) is 11.5. The second kappa shape index (κ2) is 5.91. The smallest absolute Gasteiger partial charge is 0.0961 e. The number of rotatable bonds is 4. The van der Waals surface area contributed by atoms with Gasteiger partial charge in [0.1, 0.15) is 0 Å². The zero-order valence-electron chi connectivity index (χ0n) is 11.5. The number of hydrogen-bond acceptors (Lipinski definition) is 3. The average Bonchev–Trinajstić information content (AvgIpc) is 3.04. The first-order valence-electron chi connectivity index (χ1n) is 6.76. The van der Waals surface area contributed by atoms with Crippen LogP contribution in [0.4, 0.5) is 0 Å². The predicted molar refractivity (Wildman–Crippen MR) is 81.3 cm³/mol. The molecule has 0 aliphatic heterocycles. The van der Waals surface area contributed by atoms with Crippen molar-refractivity contribution in [3.8, 4) is 22.5 Å². The van der Waals surface area contributed by atoms with E-state index in [-0.39, 0.29) is 13.2 Å². The number of aromatic nitrogens is 2. The molecule has 3 rings (SSSR count). The molecule has 21 heavy (non-hydrogen) atoms. The second-order valence-corrected chi connectivity index (χ2v) is 4.75. The fourth-order valence-corrected chi connectivity index (χ4v) is 2.52. The Bertz CT molecular complexity index is 736.